The van der Waals surface area contributed by atoms with Crippen LogP contribution in [0.2, 0.25) is 5.02 Å². The summed E-state index contributed by atoms with van der Waals surface area (Å²) < 4.78 is 13.1. The van der Waals surface area contributed by atoms with Gasteiger partial charge >= 0.3 is 0 Å². The molecule has 7 nitrogen and oxygen atoms in total. The summed E-state index contributed by atoms with van der Waals surface area (Å²) in [7, 11) is 0. The molecule has 6 rings (SSSR count). The lowest BCUT2D eigenvalue weighted by Crippen LogP contribution is -2.20. The van der Waals surface area contributed by atoms with Crippen LogP contribution in [0.15, 0.2) is 104 Å². The molecule has 3 aromatic heterocycles. The number of hydrogen-bond acceptors (Lipinski definition) is 6. The molecule has 36 heavy (non-hydrogen) atoms. The van der Waals surface area contributed by atoms with E-state index in [2.05, 4.69) is 16.2 Å². The van der Waals surface area contributed by atoms with E-state index in [9.17, 15) is 4.79 Å². The molecule has 0 radical (unpaired) electrons. The Labute approximate surface area is 209 Å². The van der Waals surface area contributed by atoms with Gasteiger partial charge in [-0.1, -0.05) is 23.7 Å². The van der Waals surface area contributed by atoms with Crippen LogP contribution in [0.1, 0.15) is 11.3 Å². The lowest BCUT2D eigenvalue weighted by Gasteiger charge is -2.06. The molecule has 0 aliphatic rings. The average Bonchev–Trinajstić information content (AvgIpc) is 3.55. The van der Waals surface area contributed by atoms with E-state index in [1.54, 1.807) is 66.7 Å². The molecule has 3 aromatic carbocycles. The van der Waals surface area contributed by atoms with Crippen molar-refractivity contribution in [1.29, 1.82) is 5.26 Å². The Bertz CT molecular complexity index is 1890. The summed E-state index contributed by atoms with van der Waals surface area (Å²) in [4.78, 5) is 18.1. The molecule has 8 heteroatoms. The van der Waals surface area contributed by atoms with Crippen molar-refractivity contribution < 1.29 is 8.83 Å². The summed E-state index contributed by atoms with van der Waals surface area (Å²) in [5, 5.41) is 15.2. The average molecular weight is 491 g/mol. The highest BCUT2D eigenvalue weighted by atomic mass is 35.5. The van der Waals surface area contributed by atoms with Crippen molar-refractivity contribution in [2.24, 2.45) is 5.10 Å². The minimum absolute atomic E-state index is 0.251. The molecule has 6 aromatic rings. The smallest absolute Gasteiger partial charge is 0.282 e. The number of benzene rings is 3. The van der Waals surface area contributed by atoms with E-state index in [-0.39, 0.29) is 11.4 Å². The zero-order valence-corrected chi connectivity index (χ0v) is 19.3. The highest BCUT2D eigenvalue weighted by Gasteiger charge is 2.17. The van der Waals surface area contributed by atoms with Crippen molar-refractivity contribution in [2.45, 2.75) is 0 Å². The predicted molar refractivity (Wildman–Crippen MR) is 138 cm³/mol. The van der Waals surface area contributed by atoms with Gasteiger partial charge in [0.1, 0.15) is 17.1 Å². The predicted octanol–water partition coefficient (Wildman–Crippen LogP) is 6.48. The molecule has 0 N–H and O–H groups in total. The largest absolute Gasteiger partial charge is 0.455 e. The molecule has 0 aliphatic heterocycles. The van der Waals surface area contributed by atoms with E-state index in [0.717, 1.165) is 10.9 Å². The van der Waals surface area contributed by atoms with E-state index < -0.39 is 0 Å². The second kappa shape index (κ2) is 8.69. The first-order chi connectivity index (χ1) is 17.6. The van der Waals surface area contributed by atoms with Crippen LogP contribution >= 0.6 is 11.6 Å². The first kappa shape index (κ1) is 21.6. The minimum Gasteiger partial charge on any atom is -0.455 e. The number of nitriles is 1. The van der Waals surface area contributed by atoms with Crippen molar-refractivity contribution in [3.05, 3.63) is 112 Å². The SMILES string of the molecule is N#Cc1ccc(-c2ccc(C=Nn3c(-c4cc5cc(Cl)ccc5o4)nc4ccccc4c3=O)o2)cc1. The molecule has 0 unspecified atom stereocenters. The van der Waals surface area contributed by atoms with Gasteiger partial charge in [0.05, 0.1) is 28.8 Å². The lowest BCUT2D eigenvalue weighted by molar-refractivity contribution is 0.573. The van der Waals surface area contributed by atoms with Gasteiger partial charge in [-0.2, -0.15) is 15.0 Å². The minimum atomic E-state index is -0.343. The molecule has 3 heterocycles. The molecular formula is C28H15ClN4O3. The highest BCUT2D eigenvalue weighted by molar-refractivity contribution is 6.31. The molecule has 0 atom stereocenters. The van der Waals surface area contributed by atoms with Crippen molar-refractivity contribution in [1.82, 2.24) is 9.66 Å². The number of nitrogens with zero attached hydrogens (tertiary/aromatic N) is 4. The maximum Gasteiger partial charge on any atom is 0.282 e. The number of aromatic nitrogens is 2. The summed E-state index contributed by atoms with van der Waals surface area (Å²) in [5.41, 5.74) is 2.19. The van der Waals surface area contributed by atoms with Gasteiger partial charge in [0, 0.05) is 16.0 Å². The van der Waals surface area contributed by atoms with Gasteiger partial charge in [-0.3, -0.25) is 4.79 Å². The Morgan fingerprint density at radius 2 is 1.78 bits per heavy atom. The Kier molecular flexibility index (Phi) is 5.21. The van der Waals surface area contributed by atoms with Gasteiger partial charge in [0.25, 0.3) is 5.56 Å². The summed E-state index contributed by atoms with van der Waals surface area (Å²) >= 11 is 6.13. The van der Waals surface area contributed by atoms with E-state index in [4.69, 9.17) is 25.7 Å². The molecule has 0 saturated carbocycles. The Morgan fingerprint density at radius 1 is 0.944 bits per heavy atom. The van der Waals surface area contributed by atoms with Crippen molar-refractivity contribution in [2.75, 3.05) is 0 Å². The molecular weight excluding hydrogens is 476 g/mol. The Balaban J connectivity index is 1.45. The van der Waals surface area contributed by atoms with E-state index in [1.165, 1.54) is 10.9 Å². The number of hydrogen-bond donors (Lipinski definition) is 0. The third-order valence-electron chi connectivity index (χ3n) is 5.68. The zero-order chi connectivity index (χ0) is 24.6. The molecule has 0 amide bonds. The third-order valence-corrected chi connectivity index (χ3v) is 5.91. The monoisotopic (exact) mass is 490 g/mol. The summed E-state index contributed by atoms with van der Waals surface area (Å²) in [6.45, 7) is 0. The zero-order valence-electron chi connectivity index (χ0n) is 18.6. The Morgan fingerprint density at radius 3 is 2.61 bits per heavy atom. The fourth-order valence-corrected chi connectivity index (χ4v) is 4.10. The quantitative estimate of drug-likeness (QED) is 0.263. The van der Waals surface area contributed by atoms with Crippen LogP contribution in [-0.2, 0) is 0 Å². The van der Waals surface area contributed by atoms with Crippen LogP contribution < -0.4 is 5.56 Å². The summed E-state index contributed by atoms with van der Waals surface area (Å²) in [6.07, 6.45) is 1.45. The standard InChI is InChI=1S/C28H15ClN4O3/c29-20-9-11-25-19(13-20)14-26(36-25)27-32-23-4-2-1-3-22(23)28(34)33(27)31-16-21-10-12-24(35-21)18-7-5-17(15-30)6-8-18/h1-14,16H. The topological polar surface area (TPSA) is 97.3 Å². The highest BCUT2D eigenvalue weighted by Crippen LogP contribution is 2.29. The second-order valence-corrected chi connectivity index (χ2v) is 8.43. The van der Waals surface area contributed by atoms with Crippen LogP contribution in [0, 0.1) is 11.3 Å². The molecule has 172 valence electrons. The van der Waals surface area contributed by atoms with E-state index in [0.29, 0.717) is 44.4 Å². The number of halogens is 1. The molecule has 0 spiro atoms. The number of rotatable bonds is 4. The van der Waals surface area contributed by atoms with Crippen LogP contribution in [0.4, 0.5) is 0 Å². The maximum atomic E-state index is 13.4. The third kappa shape index (κ3) is 3.86. The first-order valence-electron chi connectivity index (χ1n) is 10.9. The van der Waals surface area contributed by atoms with Gasteiger partial charge in [-0.25, -0.2) is 4.98 Å². The van der Waals surface area contributed by atoms with Crippen LogP contribution in [-0.4, -0.2) is 15.9 Å². The number of para-hydroxylation sites is 1. The lowest BCUT2D eigenvalue weighted by atomic mass is 10.1. The first-order valence-corrected chi connectivity index (χ1v) is 11.3. The maximum absolute atomic E-state index is 13.4. The fraction of sp³-hybridized carbons (Fsp3) is 0. The molecule has 0 fully saturated rings. The molecule has 0 aliphatic carbocycles. The van der Waals surface area contributed by atoms with Crippen molar-refractivity contribution >= 4 is 39.7 Å². The number of fused-ring (bicyclic) bond motifs is 2. The fourth-order valence-electron chi connectivity index (χ4n) is 3.92. The van der Waals surface area contributed by atoms with Gasteiger partial charge in [0.15, 0.2) is 5.76 Å². The van der Waals surface area contributed by atoms with E-state index in [1.807, 2.05) is 18.2 Å². The number of furan rings is 2. The summed E-state index contributed by atoms with van der Waals surface area (Å²) in [6, 6.07) is 26.8. The van der Waals surface area contributed by atoms with Crippen LogP contribution in [0.25, 0.3) is 44.8 Å². The normalized spacial score (nSPS) is 11.4. The summed E-state index contributed by atoms with van der Waals surface area (Å²) in [5.74, 6) is 1.68. The van der Waals surface area contributed by atoms with Gasteiger partial charge in [-0.05, 0) is 72.8 Å². The second-order valence-electron chi connectivity index (χ2n) is 8.00. The van der Waals surface area contributed by atoms with Crippen LogP contribution in [0.3, 0.4) is 0 Å². The molecule has 0 saturated heterocycles. The van der Waals surface area contributed by atoms with Crippen molar-refractivity contribution in [3.63, 3.8) is 0 Å². The van der Waals surface area contributed by atoms with Gasteiger partial charge in [0.2, 0.25) is 5.82 Å². The van der Waals surface area contributed by atoms with E-state index >= 15 is 0 Å². The van der Waals surface area contributed by atoms with Crippen LogP contribution in [0.5, 0.6) is 0 Å². The van der Waals surface area contributed by atoms with Gasteiger partial charge < -0.3 is 8.83 Å². The van der Waals surface area contributed by atoms with Crippen molar-refractivity contribution in [3.8, 4) is 29.0 Å². The molecule has 0 bridgehead atoms. The Hall–Kier alpha value is -4.93. The van der Waals surface area contributed by atoms with Gasteiger partial charge in [-0.15, -0.1) is 0 Å².